The molecule has 92 valence electrons. The van der Waals surface area contributed by atoms with Crippen molar-refractivity contribution in [2.45, 2.75) is 6.54 Å². The Morgan fingerprint density at radius 1 is 1.33 bits per heavy atom. The molecule has 0 radical (unpaired) electrons. The zero-order valence-electron chi connectivity index (χ0n) is 9.65. The van der Waals surface area contributed by atoms with E-state index in [9.17, 15) is 0 Å². The first kappa shape index (κ1) is 12.4. The summed E-state index contributed by atoms with van der Waals surface area (Å²) in [5.74, 6) is 0.257. The van der Waals surface area contributed by atoms with Crippen LogP contribution in [0.25, 0.3) is 0 Å². The van der Waals surface area contributed by atoms with Crippen LogP contribution in [-0.4, -0.2) is 11.2 Å². The quantitative estimate of drug-likeness (QED) is 0.584. The Hall–Kier alpha value is -2.07. The van der Waals surface area contributed by atoms with Crippen LogP contribution in [0, 0.1) is 5.41 Å². The van der Waals surface area contributed by atoms with Gasteiger partial charge in [0, 0.05) is 18.4 Å². The fourth-order valence-electron chi connectivity index (χ4n) is 1.63. The van der Waals surface area contributed by atoms with Gasteiger partial charge in [-0.3, -0.25) is 0 Å². The van der Waals surface area contributed by atoms with E-state index in [1.807, 2.05) is 30.3 Å². The van der Waals surface area contributed by atoms with E-state index in [1.54, 1.807) is 6.07 Å². The van der Waals surface area contributed by atoms with Gasteiger partial charge in [0.15, 0.2) is 0 Å². The third kappa shape index (κ3) is 2.78. The van der Waals surface area contributed by atoms with Gasteiger partial charge in [-0.1, -0.05) is 41.9 Å². The van der Waals surface area contributed by atoms with E-state index in [2.05, 4.69) is 10.3 Å². The highest BCUT2D eigenvalue weighted by atomic mass is 35.5. The van der Waals surface area contributed by atoms with Gasteiger partial charge >= 0.3 is 0 Å². The van der Waals surface area contributed by atoms with Crippen LogP contribution in [0.15, 0.2) is 36.4 Å². The van der Waals surface area contributed by atoms with Crippen LogP contribution < -0.4 is 11.1 Å². The zero-order chi connectivity index (χ0) is 13.0. The molecule has 0 saturated heterocycles. The maximum absolute atomic E-state index is 7.35. The molecule has 0 aliphatic heterocycles. The summed E-state index contributed by atoms with van der Waals surface area (Å²) in [4.78, 5) is 3.91. The van der Waals surface area contributed by atoms with Crippen LogP contribution in [0.4, 0.5) is 11.5 Å². The Kier molecular flexibility index (Phi) is 3.79. The van der Waals surface area contributed by atoms with Crippen LogP contribution in [0.2, 0.25) is 5.15 Å². The molecule has 4 nitrogen and oxygen atoms in total. The van der Waals surface area contributed by atoms with Gasteiger partial charge in [-0.25, -0.2) is 4.98 Å². The van der Waals surface area contributed by atoms with Crippen LogP contribution in [0.3, 0.4) is 0 Å². The summed E-state index contributed by atoms with van der Waals surface area (Å²) in [6.07, 6.45) is 1.17. The van der Waals surface area contributed by atoms with E-state index in [4.69, 9.17) is 22.7 Å². The molecule has 0 aliphatic rings. The molecule has 0 fully saturated rings. The minimum atomic E-state index is 0.257. The van der Waals surface area contributed by atoms with Gasteiger partial charge in [-0.2, -0.15) is 0 Å². The molecule has 0 bridgehead atoms. The predicted octanol–water partition coefficient (Wildman–Crippen LogP) is 2.93. The first-order valence-corrected chi connectivity index (χ1v) is 5.83. The van der Waals surface area contributed by atoms with Crippen molar-refractivity contribution in [2.75, 3.05) is 11.1 Å². The average molecular weight is 261 g/mol. The number of pyridine rings is 1. The maximum Gasteiger partial charge on any atom is 0.136 e. The molecular weight excluding hydrogens is 248 g/mol. The molecule has 1 aromatic carbocycles. The molecular formula is C13H13ClN4. The van der Waals surface area contributed by atoms with Crippen molar-refractivity contribution in [1.29, 1.82) is 5.41 Å². The highest BCUT2D eigenvalue weighted by Crippen LogP contribution is 2.23. The number of benzene rings is 1. The lowest BCUT2D eigenvalue weighted by Gasteiger charge is -2.11. The Morgan fingerprint density at radius 3 is 2.72 bits per heavy atom. The minimum absolute atomic E-state index is 0.257. The second-order valence-corrected chi connectivity index (χ2v) is 4.16. The lowest BCUT2D eigenvalue weighted by molar-refractivity contribution is 1.14. The highest BCUT2D eigenvalue weighted by molar-refractivity contribution is 6.30. The molecule has 18 heavy (non-hydrogen) atoms. The second kappa shape index (κ2) is 5.51. The van der Waals surface area contributed by atoms with Crippen molar-refractivity contribution in [1.82, 2.24) is 4.98 Å². The Bertz CT molecular complexity index is 554. The normalized spacial score (nSPS) is 10.1. The number of aromatic nitrogens is 1. The largest absolute Gasteiger partial charge is 0.383 e. The number of hydrogen-bond donors (Lipinski definition) is 3. The van der Waals surface area contributed by atoms with Crippen LogP contribution in [0.5, 0.6) is 0 Å². The number of hydrogen-bond acceptors (Lipinski definition) is 4. The fraction of sp³-hybridized carbons (Fsp3) is 0.0769. The fourth-order valence-corrected chi connectivity index (χ4v) is 1.83. The smallest absolute Gasteiger partial charge is 0.136 e. The molecule has 2 rings (SSSR count). The molecule has 2 aromatic rings. The van der Waals surface area contributed by atoms with Crippen LogP contribution in [-0.2, 0) is 6.54 Å². The summed E-state index contributed by atoms with van der Waals surface area (Å²) in [5, 5.41) is 10.9. The monoisotopic (exact) mass is 260 g/mol. The van der Waals surface area contributed by atoms with Gasteiger partial charge in [0.1, 0.15) is 11.0 Å². The van der Waals surface area contributed by atoms with Gasteiger partial charge in [0.25, 0.3) is 0 Å². The lowest BCUT2D eigenvalue weighted by atomic mass is 10.2. The first-order valence-electron chi connectivity index (χ1n) is 5.45. The minimum Gasteiger partial charge on any atom is -0.383 e. The van der Waals surface area contributed by atoms with Crippen molar-refractivity contribution in [3.05, 3.63) is 52.7 Å². The molecule has 0 spiro atoms. The summed E-state index contributed by atoms with van der Waals surface area (Å²) in [5.41, 5.74) is 8.12. The van der Waals surface area contributed by atoms with Crippen LogP contribution in [0.1, 0.15) is 11.1 Å². The van der Waals surface area contributed by atoms with Crippen molar-refractivity contribution in [2.24, 2.45) is 0 Å². The van der Waals surface area contributed by atoms with Crippen molar-refractivity contribution >= 4 is 29.3 Å². The number of nitrogen functional groups attached to an aromatic ring is 1. The molecule has 0 amide bonds. The zero-order valence-corrected chi connectivity index (χ0v) is 10.4. The van der Waals surface area contributed by atoms with E-state index in [-0.39, 0.29) is 5.82 Å². The van der Waals surface area contributed by atoms with Gasteiger partial charge in [0.05, 0.1) is 5.56 Å². The topological polar surface area (TPSA) is 74.8 Å². The molecule has 0 aliphatic carbocycles. The summed E-state index contributed by atoms with van der Waals surface area (Å²) < 4.78 is 0. The number of nitrogens with zero attached hydrogens (tertiary/aromatic N) is 1. The molecule has 0 unspecified atom stereocenters. The summed E-state index contributed by atoms with van der Waals surface area (Å²) in [7, 11) is 0. The third-order valence-electron chi connectivity index (χ3n) is 2.53. The van der Waals surface area contributed by atoms with E-state index in [1.165, 1.54) is 6.21 Å². The van der Waals surface area contributed by atoms with Gasteiger partial charge < -0.3 is 16.5 Å². The summed E-state index contributed by atoms with van der Waals surface area (Å²) in [6.45, 7) is 0.640. The first-order chi connectivity index (χ1) is 8.70. The van der Waals surface area contributed by atoms with Gasteiger partial charge in [-0.15, -0.1) is 0 Å². The Balaban J connectivity index is 2.21. The Morgan fingerprint density at radius 2 is 2.06 bits per heavy atom. The highest BCUT2D eigenvalue weighted by Gasteiger charge is 2.07. The van der Waals surface area contributed by atoms with E-state index < -0.39 is 0 Å². The van der Waals surface area contributed by atoms with Crippen LogP contribution >= 0.6 is 11.6 Å². The van der Waals surface area contributed by atoms with E-state index in [0.29, 0.717) is 22.9 Å². The molecule has 5 heteroatoms. The van der Waals surface area contributed by atoms with Crippen molar-refractivity contribution in [3.63, 3.8) is 0 Å². The predicted molar refractivity (Wildman–Crippen MR) is 75.3 cm³/mol. The van der Waals surface area contributed by atoms with E-state index in [0.717, 1.165) is 5.56 Å². The molecule has 4 N–H and O–H groups in total. The van der Waals surface area contributed by atoms with Gasteiger partial charge in [-0.05, 0) is 11.6 Å². The summed E-state index contributed by atoms with van der Waals surface area (Å²) >= 11 is 5.85. The third-order valence-corrected chi connectivity index (χ3v) is 2.72. The SMILES string of the molecule is N=Cc1c(NCc2ccccc2)cc(Cl)nc1N. The average Bonchev–Trinajstić information content (AvgIpc) is 2.37. The molecule has 1 aromatic heterocycles. The number of anilines is 2. The number of halogens is 1. The van der Waals surface area contributed by atoms with Crippen molar-refractivity contribution in [3.8, 4) is 0 Å². The number of nitrogens with two attached hydrogens (primary N) is 1. The Labute approximate surface area is 110 Å². The van der Waals surface area contributed by atoms with Crippen molar-refractivity contribution < 1.29 is 0 Å². The second-order valence-electron chi connectivity index (χ2n) is 3.77. The standard InChI is InChI=1S/C13H13ClN4/c14-12-6-11(10(7-15)13(16)18-12)17-8-9-4-2-1-3-5-9/h1-7,15H,8H2,(H3,16,17,18). The molecule has 0 saturated carbocycles. The van der Waals surface area contributed by atoms with Gasteiger partial charge in [0.2, 0.25) is 0 Å². The number of nitrogens with one attached hydrogen (secondary N) is 2. The molecule has 0 atom stereocenters. The maximum atomic E-state index is 7.35. The lowest BCUT2D eigenvalue weighted by Crippen LogP contribution is -2.06. The van der Waals surface area contributed by atoms with E-state index >= 15 is 0 Å². The number of rotatable bonds is 4. The molecule has 1 heterocycles. The summed E-state index contributed by atoms with van der Waals surface area (Å²) in [6, 6.07) is 11.6.